The molecule has 0 fully saturated rings. The fraction of sp³-hybridized carbons (Fsp3) is 0. The standard InChI is InChI=1S/C17H12O4/c18-9-10-1-2-12-6-13(4-3-11(12)5-10)17-15(20)7-14(19)8-16(17)21/h1-9,19-21H. The maximum absolute atomic E-state index is 10.8. The largest absolute Gasteiger partial charge is 0.508 e. The molecule has 104 valence electrons. The van der Waals surface area contributed by atoms with Crippen molar-refractivity contribution in [3.8, 4) is 28.4 Å². The molecule has 0 atom stereocenters. The van der Waals surface area contributed by atoms with Crippen LogP contribution in [0.25, 0.3) is 21.9 Å². The first-order chi connectivity index (χ1) is 10.1. The van der Waals surface area contributed by atoms with E-state index >= 15 is 0 Å². The molecule has 0 aromatic heterocycles. The van der Waals surface area contributed by atoms with E-state index in [1.54, 1.807) is 30.3 Å². The van der Waals surface area contributed by atoms with Crippen molar-refractivity contribution < 1.29 is 20.1 Å². The van der Waals surface area contributed by atoms with Gasteiger partial charge in [-0.3, -0.25) is 4.79 Å². The molecule has 3 rings (SSSR count). The summed E-state index contributed by atoms with van der Waals surface area (Å²) in [4.78, 5) is 10.8. The zero-order valence-electron chi connectivity index (χ0n) is 10.9. The minimum absolute atomic E-state index is 0.198. The van der Waals surface area contributed by atoms with Crippen molar-refractivity contribution in [2.24, 2.45) is 0 Å². The van der Waals surface area contributed by atoms with Crippen LogP contribution in [0.15, 0.2) is 48.5 Å². The summed E-state index contributed by atoms with van der Waals surface area (Å²) in [5.41, 5.74) is 1.47. The third-order valence-electron chi connectivity index (χ3n) is 3.37. The van der Waals surface area contributed by atoms with E-state index in [1.807, 2.05) is 6.07 Å². The topological polar surface area (TPSA) is 77.8 Å². The number of benzene rings is 3. The summed E-state index contributed by atoms with van der Waals surface area (Å²) < 4.78 is 0. The number of phenolic OH excluding ortho intramolecular Hbond substituents is 3. The van der Waals surface area contributed by atoms with Crippen LogP contribution >= 0.6 is 0 Å². The summed E-state index contributed by atoms with van der Waals surface area (Å²) in [6.07, 6.45) is 0.783. The zero-order valence-corrected chi connectivity index (χ0v) is 10.9. The minimum atomic E-state index is -0.204. The molecule has 0 radical (unpaired) electrons. The van der Waals surface area contributed by atoms with Crippen molar-refractivity contribution in [3.05, 3.63) is 54.1 Å². The lowest BCUT2D eigenvalue weighted by molar-refractivity contribution is 0.112. The molecule has 0 saturated heterocycles. The van der Waals surface area contributed by atoms with Gasteiger partial charge in [0.05, 0.1) is 5.56 Å². The van der Waals surface area contributed by atoms with Crippen LogP contribution in [0.4, 0.5) is 0 Å². The molecule has 0 heterocycles. The molecular formula is C17H12O4. The number of carbonyl (C=O) groups is 1. The predicted octanol–water partition coefficient (Wildman–Crippen LogP) is 3.44. The smallest absolute Gasteiger partial charge is 0.150 e. The number of aldehydes is 1. The second-order valence-corrected chi connectivity index (χ2v) is 4.80. The molecule has 0 saturated carbocycles. The normalized spacial score (nSPS) is 10.7. The van der Waals surface area contributed by atoms with Gasteiger partial charge in [0.1, 0.15) is 23.5 Å². The fourth-order valence-electron chi connectivity index (χ4n) is 2.39. The summed E-state index contributed by atoms with van der Waals surface area (Å²) in [6, 6.07) is 13.0. The lowest BCUT2D eigenvalue weighted by Crippen LogP contribution is -1.84. The monoisotopic (exact) mass is 280 g/mol. The van der Waals surface area contributed by atoms with E-state index in [4.69, 9.17) is 0 Å². The van der Waals surface area contributed by atoms with E-state index < -0.39 is 0 Å². The lowest BCUT2D eigenvalue weighted by Gasteiger charge is -2.09. The van der Waals surface area contributed by atoms with E-state index in [2.05, 4.69) is 0 Å². The van der Waals surface area contributed by atoms with Crippen LogP contribution in [-0.2, 0) is 0 Å². The maximum atomic E-state index is 10.8. The van der Waals surface area contributed by atoms with Gasteiger partial charge in [0, 0.05) is 17.7 Å². The SMILES string of the molecule is O=Cc1ccc2cc(-c3c(O)cc(O)cc3O)ccc2c1. The van der Waals surface area contributed by atoms with Crippen molar-refractivity contribution in [3.63, 3.8) is 0 Å². The summed E-state index contributed by atoms with van der Waals surface area (Å²) in [6.45, 7) is 0. The Bertz CT molecular complexity index is 830. The van der Waals surface area contributed by atoms with E-state index in [-0.39, 0.29) is 22.8 Å². The molecule has 3 N–H and O–H groups in total. The molecule has 0 aliphatic heterocycles. The third-order valence-corrected chi connectivity index (χ3v) is 3.37. The van der Waals surface area contributed by atoms with Crippen molar-refractivity contribution in [2.45, 2.75) is 0 Å². The molecule has 0 aliphatic rings. The average molecular weight is 280 g/mol. The van der Waals surface area contributed by atoms with Crippen molar-refractivity contribution in [2.75, 3.05) is 0 Å². The van der Waals surface area contributed by atoms with Crippen molar-refractivity contribution in [1.29, 1.82) is 0 Å². The molecule has 4 heteroatoms. The Kier molecular flexibility index (Phi) is 2.99. The van der Waals surface area contributed by atoms with Crippen LogP contribution in [0.1, 0.15) is 10.4 Å². The second-order valence-electron chi connectivity index (χ2n) is 4.80. The number of aromatic hydroxyl groups is 3. The molecular weight excluding hydrogens is 268 g/mol. The van der Waals surface area contributed by atoms with Crippen molar-refractivity contribution >= 4 is 17.1 Å². The molecule has 3 aromatic carbocycles. The van der Waals surface area contributed by atoms with E-state index in [9.17, 15) is 20.1 Å². The molecule has 0 aliphatic carbocycles. The van der Waals surface area contributed by atoms with Crippen LogP contribution in [0.2, 0.25) is 0 Å². The minimum Gasteiger partial charge on any atom is -0.508 e. The van der Waals surface area contributed by atoms with Gasteiger partial charge in [-0.2, -0.15) is 0 Å². The van der Waals surface area contributed by atoms with Crippen LogP contribution in [0.3, 0.4) is 0 Å². The highest BCUT2D eigenvalue weighted by molar-refractivity contribution is 5.93. The van der Waals surface area contributed by atoms with Crippen LogP contribution in [0.5, 0.6) is 17.2 Å². The first kappa shape index (κ1) is 13.0. The van der Waals surface area contributed by atoms with Gasteiger partial charge in [0.2, 0.25) is 0 Å². The number of fused-ring (bicyclic) bond motifs is 1. The molecule has 21 heavy (non-hydrogen) atoms. The first-order valence-corrected chi connectivity index (χ1v) is 6.33. The zero-order chi connectivity index (χ0) is 15.0. The summed E-state index contributed by atoms with van der Waals surface area (Å²) in [5, 5.41) is 30.9. The Morgan fingerprint density at radius 3 is 2.05 bits per heavy atom. The third kappa shape index (κ3) is 2.27. The highest BCUT2D eigenvalue weighted by Crippen LogP contribution is 2.40. The molecule has 4 nitrogen and oxygen atoms in total. The average Bonchev–Trinajstić information content (AvgIpc) is 2.45. The number of carbonyl (C=O) groups excluding carboxylic acids is 1. The summed E-state index contributed by atoms with van der Waals surface area (Å²) in [5.74, 6) is -0.599. The first-order valence-electron chi connectivity index (χ1n) is 6.33. The van der Waals surface area contributed by atoms with Crippen molar-refractivity contribution in [1.82, 2.24) is 0 Å². The Hall–Kier alpha value is -3.01. The fourth-order valence-corrected chi connectivity index (χ4v) is 2.39. The number of phenols is 3. The van der Waals surface area contributed by atoms with Crippen LogP contribution in [-0.4, -0.2) is 21.6 Å². The Balaban J connectivity index is 2.20. The van der Waals surface area contributed by atoms with Gasteiger partial charge in [-0.1, -0.05) is 24.3 Å². The van der Waals surface area contributed by atoms with Gasteiger partial charge in [0.25, 0.3) is 0 Å². The predicted molar refractivity (Wildman–Crippen MR) is 79.8 cm³/mol. The highest BCUT2D eigenvalue weighted by atomic mass is 16.3. The summed E-state index contributed by atoms with van der Waals surface area (Å²) >= 11 is 0. The Labute approximate surface area is 120 Å². The molecule has 0 bridgehead atoms. The quantitative estimate of drug-likeness (QED) is 0.628. The number of hydrogen-bond acceptors (Lipinski definition) is 4. The molecule has 0 unspecified atom stereocenters. The van der Waals surface area contributed by atoms with E-state index in [0.717, 1.165) is 17.1 Å². The van der Waals surface area contributed by atoms with Gasteiger partial charge in [-0.05, 0) is 28.5 Å². The van der Waals surface area contributed by atoms with E-state index in [0.29, 0.717) is 11.1 Å². The van der Waals surface area contributed by atoms with Gasteiger partial charge in [0.15, 0.2) is 0 Å². The highest BCUT2D eigenvalue weighted by Gasteiger charge is 2.12. The van der Waals surface area contributed by atoms with Gasteiger partial charge >= 0.3 is 0 Å². The van der Waals surface area contributed by atoms with Gasteiger partial charge in [-0.15, -0.1) is 0 Å². The van der Waals surface area contributed by atoms with E-state index in [1.165, 1.54) is 12.1 Å². The molecule has 0 spiro atoms. The van der Waals surface area contributed by atoms with Crippen LogP contribution < -0.4 is 0 Å². The Morgan fingerprint density at radius 1 is 0.762 bits per heavy atom. The number of rotatable bonds is 2. The van der Waals surface area contributed by atoms with Gasteiger partial charge in [-0.25, -0.2) is 0 Å². The maximum Gasteiger partial charge on any atom is 0.150 e. The Morgan fingerprint density at radius 2 is 1.38 bits per heavy atom. The van der Waals surface area contributed by atoms with Gasteiger partial charge < -0.3 is 15.3 Å². The van der Waals surface area contributed by atoms with Crippen LogP contribution in [0, 0.1) is 0 Å². The second kappa shape index (κ2) is 4.83. The molecule has 0 amide bonds. The summed E-state index contributed by atoms with van der Waals surface area (Å²) in [7, 11) is 0. The number of hydrogen-bond donors (Lipinski definition) is 3. The molecule has 3 aromatic rings. The lowest BCUT2D eigenvalue weighted by atomic mass is 9.98.